The molecular weight excluding hydrogens is 362 g/mol. The highest BCUT2D eigenvalue weighted by Gasteiger charge is 2.37. The summed E-state index contributed by atoms with van der Waals surface area (Å²) in [7, 11) is 0. The SMILES string of the molecule is CC(C)N1CC(Cc2ccccc2)n2nc(C=O)c(Cc3ccccc3)c2C1=O. The molecule has 3 aromatic rings. The second-order valence-electron chi connectivity index (χ2n) is 7.83. The first-order valence-corrected chi connectivity index (χ1v) is 10.0. The maximum Gasteiger partial charge on any atom is 0.272 e. The maximum absolute atomic E-state index is 13.3. The average Bonchev–Trinajstić information content (AvgIpc) is 3.10. The second-order valence-corrected chi connectivity index (χ2v) is 7.83. The van der Waals surface area contributed by atoms with Gasteiger partial charge in [0.2, 0.25) is 0 Å². The van der Waals surface area contributed by atoms with Gasteiger partial charge in [-0.15, -0.1) is 0 Å². The zero-order valence-electron chi connectivity index (χ0n) is 16.8. The third kappa shape index (κ3) is 3.73. The van der Waals surface area contributed by atoms with E-state index in [1.165, 1.54) is 5.56 Å². The summed E-state index contributed by atoms with van der Waals surface area (Å²) < 4.78 is 1.80. The van der Waals surface area contributed by atoms with Gasteiger partial charge in [-0.05, 0) is 31.4 Å². The highest BCUT2D eigenvalue weighted by atomic mass is 16.2. The summed E-state index contributed by atoms with van der Waals surface area (Å²) in [5.41, 5.74) is 3.88. The van der Waals surface area contributed by atoms with E-state index < -0.39 is 0 Å². The molecule has 0 radical (unpaired) electrons. The van der Waals surface area contributed by atoms with Gasteiger partial charge >= 0.3 is 0 Å². The summed E-state index contributed by atoms with van der Waals surface area (Å²) in [6, 6.07) is 20.2. The van der Waals surface area contributed by atoms with E-state index in [0.29, 0.717) is 24.4 Å². The highest BCUT2D eigenvalue weighted by molar-refractivity contribution is 5.97. The summed E-state index contributed by atoms with van der Waals surface area (Å²) in [5.74, 6) is -0.0455. The van der Waals surface area contributed by atoms with Gasteiger partial charge in [0.25, 0.3) is 5.91 Å². The lowest BCUT2D eigenvalue weighted by molar-refractivity contribution is 0.0593. The van der Waals surface area contributed by atoms with Crippen LogP contribution in [-0.4, -0.2) is 39.5 Å². The Kier molecular flexibility index (Phi) is 5.30. The standard InChI is InChI=1S/C24H25N3O2/c1-17(2)26-15-20(13-18-9-5-3-6-10-18)27-23(24(26)29)21(22(16-28)25-27)14-19-11-7-4-8-12-19/h3-12,16-17,20H,13-15H2,1-2H3. The molecule has 1 aliphatic heterocycles. The zero-order valence-corrected chi connectivity index (χ0v) is 16.8. The molecular formula is C24H25N3O2. The zero-order chi connectivity index (χ0) is 20.4. The predicted molar refractivity (Wildman–Crippen MR) is 112 cm³/mol. The van der Waals surface area contributed by atoms with Gasteiger partial charge in [-0.3, -0.25) is 14.3 Å². The molecule has 5 heteroatoms. The van der Waals surface area contributed by atoms with Crippen LogP contribution in [0.3, 0.4) is 0 Å². The van der Waals surface area contributed by atoms with Crippen LogP contribution in [-0.2, 0) is 12.8 Å². The maximum atomic E-state index is 13.3. The van der Waals surface area contributed by atoms with Crippen molar-refractivity contribution in [1.82, 2.24) is 14.7 Å². The molecule has 148 valence electrons. The van der Waals surface area contributed by atoms with Gasteiger partial charge < -0.3 is 4.90 Å². The van der Waals surface area contributed by atoms with E-state index >= 15 is 0 Å². The number of carbonyl (C=O) groups excluding carboxylic acids is 2. The lowest BCUT2D eigenvalue weighted by atomic mass is 9.98. The molecule has 29 heavy (non-hydrogen) atoms. The second kappa shape index (κ2) is 8.03. The van der Waals surface area contributed by atoms with Crippen LogP contribution >= 0.6 is 0 Å². The largest absolute Gasteiger partial charge is 0.333 e. The quantitative estimate of drug-likeness (QED) is 0.602. The number of hydrogen-bond acceptors (Lipinski definition) is 3. The molecule has 0 saturated carbocycles. The molecule has 1 amide bonds. The van der Waals surface area contributed by atoms with Gasteiger partial charge in [0.05, 0.1) is 6.04 Å². The van der Waals surface area contributed by atoms with Crippen molar-refractivity contribution in [2.75, 3.05) is 6.54 Å². The lowest BCUT2D eigenvalue weighted by Crippen LogP contribution is -2.47. The van der Waals surface area contributed by atoms with E-state index in [9.17, 15) is 9.59 Å². The molecule has 5 nitrogen and oxygen atoms in total. The number of fused-ring (bicyclic) bond motifs is 1. The van der Waals surface area contributed by atoms with Gasteiger partial charge in [-0.1, -0.05) is 60.7 Å². The molecule has 0 bridgehead atoms. The molecule has 0 spiro atoms. The third-order valence-corrected chi connectivity index (χ3v) is 5.53. The summed E-state index contributed by atoms with van der Waals surface area (Å²) in [6.07, 6.45) is 2.05. The van der Waals surface area contributed by atoms with Crippen molar-refractivity contribution in [2.24, 2.45) is 0 Å². The molecule has 1 atom stereocenters. The van der Waals surface area contributed by atoms with Crippen molar-refractivity contribution in [1.29, 1.82) is 0 Å². The van der Waals surface area contributed by atoms with E-state index in [1.807, 2.05) is 67.3 Å². The fourth-order valence-electron chi connectivity index (χ4n) is 4.05. The van der Waals surface area contributed by atoms with Crippen molar-refractivity contribution < 1.29 is 9.59 Å². The van der Waals surface area contributed by atoms with Gasteiger partial charge in [-0.25, -0.2) is 0 Å². The molecule has 2 heterocycles. The Morgan fingerprint density at radius 1 is 1.03 bits per heavy atom. The van der Waals surface area contributed by atoms with E-state index in [0.717, 1.165) is 23.8 Å². The average molecular weight is 387 g/mol. The van der Waals surface area contributed by atoms with Crippen LogP contribution in [0.25, 0.3) is 0 Å². The number of carbonyl (C=O) groups is 2. The Morgan fingerprint density at radius 2 is 1.66 bits per heavy atom. The highest BCUT2D eigenvalue weighted by Crippen LogP contribution is 2.30. The Balaban J connectivity index is 1.80. The van der Waals surface area contributed by atoms with Crippen molar-refractivity contribution in [2.45, 2.75) is 38.8 Å². The fourth-order valence-corrected chi connectivity index (χ4v) is 4.05. The van der Waals surface area contributed by atoms with Crippen LogP contribution < -0.4 is 0 Å². The number of benzene rings is 2. The van der Waals surface area contributed by atoms with Gasteiger partial charge in [-0.2, -0.15) is 5.10 Å². The van der Waals surface area contributed by atoms with Crippen LogP contribution in [0.15, 0.2) is 60.7 Å². The summed E-state index contributed by atoms with van der Waals surface area (Å²) in [5, 5.41) is 4.59. The first kappa shape index (κ1) is 19.1. The third-order valence-electron chi connectivity index (χ3n) is 5.53. The first-order chi connectivity index (χ1) is 14.1. The summed E-state index contributed by atoms with van der Waals surface area (Å²) in [4.78, 5) is 27.1. The van der Waals surface area contributed by atoms with E-state index in [2.05, 4.69) is 17.2 Å². The minimum Gasteiger partial charge on any atom is -0.333 e. The minimum absolute atomic E-state index is 0.00396. The van der Waals surface area contributed by atoms with Crippen LogP contribution in [0.2, 0.25) is 0 Å². The van der Waals surface area contributed by atoms with Crippen molar-refractivity contribution in [3.63, 3.8) is 0 Å². The number of rotatable bonds is 6. The Labute approximate surface area is 171 Å². The molecule has 0 fully saturated rings. The van der Waals surface area contributed by atoms with Crippen molar-refractivity contribution in [3.05, 3.63) is 88.7 Å². The molecule has 4 rings (SSSR count). The van der Waals surface area contributed by atoms with Crippen molar-refractivity contribution in [3.8, 4) is 0 Å². The van der Waals surface area contributed by atoms with E-state index in [1.54, 1.807) is 4.68 Å². The van der Waals surface area contributed by atoms with Gasteiger partial charge in [0.15, 0.2) is 6.29 Å². The Hall–Kier alpha value is -3.21. The van der Waals surface area contributed by atoms with Crippen LogP contribution in [0.4, 0.5) is 0 Å². The molecule has 1 aliphatic rings. The Bertz CT molecular complexity index is 1010. The number of aromatic nitrogens is 2. The topological polar surface area (TPSA) is 55.2 Å². The molecule has 0 aliphatic carbocycles. The summed E-state index contributed by atoms with van der Waals surface area (Å²) >= 11 is 0. The normalized spacial score (nSPS) is 16.2. The number of amides is 1. The molecule has 2 aromatic carbocycles. The predicted octanol–water partition coefficient (Wildman–Crippen LogP) is 3.93. The van der Waals surface area contributed by atoms with Gasteiger partial charge in [0.1, 0.15) is 11.4 Å². The first-order valence-electron chi connectivity index (χ1n) is 10.0. The number of nitrogens with zero attached hydrogens (tertiary/aromatic N) is 3. The monoisotopic (exact) mass is 387 g/mol. The van der Waals surface area contributed by atoms with Crippen LogP contribution in [0.1, 0.15) is 57.6 Å². The van der Waals surface area contributed by atoms with Gasteiger partial charge in [0, 0.05) is 24.6 Å². The summed E-state index contributed by atoms with van der Waals surface area (Å²) in [6.45, 7) is 4.64. The van der Waals surface area contributed by atoms with Crippen molar-refractivity contribution >= 4 is 12.2 Å². The minimum atomic E-state index is -0.0455. The number of hydrogen-bond donors (Lipinski definition) is 0. The van der Waals surface area contributed by atoms with Crippen LogP contribution in [0.5, 0.6) is 0 Å². The van der Waals surface area contributed by atoms with E-state index in [4.69, 9.17) is 0 Å². The number of aldehydes is 1. The van der Waals surface area contributed by atoms with E-state index in [-0.39, 0.29) is 18.0 Å². The Morgan fingerprint density at radius 3 is 2.24 bits per heavy atom. The molecule has 0 N–H and O–H groups in total. The molecule has 1 aromatic heterocycles. The fraction of sp³-hybridized carbons (Fsp3) is 0.292. The van der Waals surface area contributed by atoms with Crippen LogP contribution in [0, 0.1) is 0 Å². The molecule has 1 unspecified atom stereocenters. The molecule has 0 saturated heterocycles. The lowest BCUT2D eigenvalue weighted by Gasteiger charge is -2.36. The smallest absolute Gasteiger partial charge is 0.272 e.